The number of carbonyl (C=O) groups is 1. The van der Waals surface area contributed by atoms with E-state index < -0.39 is 39.1 Å². The Hall–Kier alpha value is -3.01. The van der Waals surface area contributed by atoms with E-state index in [0.29, 0.717) is 0 Å². The van der Waals surface area contributed by atoms with E-state index in [2.05, 4.69) is 0 Å². The van der Waals surface area contributed by atoms with Crippen LogP contribution in [0.3, 0.4) is 0 Å². The van der Waals surface area contributed by atoms with Gasteiger partial charge in [0.2, 0.25) is 0 Å². The molecule has 0 aromatic heterocycles. The number of rotatable bonds is 7. The summed E-state index contributed by atoms with van der Waals surface area (Å²) in [6.07, 6.45) is 0.278. The quantitative estimate of drug-likeness (QED) is 0.501. The number of halogens is 1. The van der Waals surface area contributed by atoms with Crippen molar-refractivity contribution >= 4 is 21.4 Å². The van der Waals surface area contributed by atoms with Crippen molar-refractivity contribution < 1.29 is 27.3 Å². The summed E-state index contributed by atoms with van der Waals surface area (Å²) < 4.78 is 43.2. The molecule has 1 atom stereocenters. The zero-order valence-electron chi connectivity index (χ0n) is 15.4. The van der Waals surface area contributed by atoms with E-state index in [1.165, 1.54) is 47.4 Å². The number of nitro groups is 1. The van der Waals surface area contributed by atoms with Crippen LogP contribution in [0.2, 0.25) is 0 Å². The van der Waals surface area contributed by atoms with Crippen molar-refractivity contribution in [1.82, 2.24) is 4.90 Å². The Morgan fingerprint density at radius 3 is 2.48 bits per heavy atom. The first-order valence-corrected chi connectivity index (χ1v) is 10.7. The third-order valence-electron chi connectivity index (χ3n) is 4.68. The smallest absolute Gasteiger partial charge is 0.269 e. The molecule has 2 aromatic rings. The van der Waals surface area contributed by atoms with E-state index in [0.717, 1.165) is 0 Å². The normalized spacial score (nSPS) is 17.6. The third-order valence-corrected chi connectivity index (χ3v) is 6.43. The van der Waals surface area contributed by atoms with Crippen LogP contribution in [0.5, 0.6) is 5.75 Å². The van der Waals surface area contributed by atoms with Gasteiger partial charge in [0.05, 0.1) is 16.4 Å². The molecular weight excluding hydrogens is 403 g/mol. The van der Waals surface area contributed by atoms with E-state index in [1.54, 1.807) is 6.07 Å². The molecule has 0 unspecified atom stereocenters. The minimum Gasteiger partial charge on any atom is -0.484 e. The van der Waals surface area contributed by atoms with Crippen LogP contribution in [0.15, 0.2) is 48.5 Å². The van der Waals surface area contributed by atoms with Gasteiger partial charge in [-0.3, -0.25) is 14.9 Å². The van der Waals surface area contributed by atoms with Crippen molar-refractivity contribution in [2.24, 2.45) is 0 Å². The van der Waals surface area contributed by atoms with Gasteiger partial charge in [-0.2, -0.15) is 0 Å². The molecule has 1 aliphatic rings. The molecule has 0 N–H and O–H groups in total. The fourth-order valence-electron chi connectivity index (χ4n) is 3.14. The summed E-state index contributed by atoms with van der Waals surface area (Å²) in [5.41, 5.74) is 0.168. The zero-order valence-corrected chi connectivity index (χ0v) is 16.2. The molecule has 2 aromatic carbocycles. The molecule has 0 spiro atoms. The molecule has 1 heterocycles. The average molecular weight is 422 g/mol. The molecule has 0 radical (unpaired) electrons. The fraction of sp³-hybridized carbons (Fsp3) is 0.316. The molecule has 1 amide bonds. The van der Waals surface area contributed by atoms with Crippen LogP contribution in [-0.4, -0.2) is 48.3 Å². The number of carbonyl (C=O) groups excluding carboxylic acids is 1. The van der Waals surface area contributed by atoms with E-state index >= 15 is 0 Å². The van der Waals surface area contributed by atoms with E-state index in [4.69, 9.17) is 4.74 Å². The van der Waals surface area contributed by atoms with E-state index in [9.17, 15) is 27.7 Å². The highest BCUT2D eigenvalue weighted by Crippen LogP contribution is 2.22. The number of sulfone groups is 1. The molecule has 0 bridgehead atoms. The number of hydrogen-bond donors (Lipinski definition) is 0. The molecule has 3 rings (SSSR count). The highest BCUT2D eigenvalue weighted by atomic mass is 32.2. The van der Waals surface area contributed by atoms with Gasteiger partial charge >= 0.3 is 0 Å². The average Bonchev–Trinajstić information content (AvgIpc) is 3.05. The minimum absolute atomic E-state index is 0.0259. The summed E-state index contributed by atoms with van der Waals surface area (Å²) in [5.74, 6) is -0.919. The Kier molecular flexibility index (Phi) is 6.12. The van der Waals surface area contributed by atoms with Crippen molar-refractivity contribution in [1.29, 1.82) is 0 Å². The van der Waals surface area contributed by atoms with Crippen molar-refractivity contribution in [2.75, 3.05) is 18.1 Å². The molecule has 0 saturated carbocycles. The number of nitro benzene ring substituents is 1. The summed E-state index contributed by atoms with van der Waals surface area (Å²) >= 11 is 0. The number of ether oxygens (including phenoxy) is 1. The van der Waals surface area contributed by atoms with Gasteiger partial charge in [-0.1, -0.05) is 18.2 Å². The van der Waals surface area contributed by atoms with Crippen LogP contribution in [0.25, 0.3) is 0 Å². The molecule has 1 fully saturated rings. The van der Waals surface area contributed by atoms with Crippen molar-refractivity contribution in [3.8, 4) is 5.75 Å². The van der Waals surface area contributed by atoms with Crippen LogP contribution in [0.4, 0.5) is 10.1 Å². The lowest BCUT2D eigenvalue weighted by atomic mass is 10.1. The molecule has 10 heteroatoms. The predicted octanol–water partition coefficient (Wildman–Crippen LogP) is 2.33. The molecule has 29 heavy (non-hydrogen) atoms. The van der Waals surface area contributed by atoms with E-state index in [-0.39, 0.29) is 41.5 Å². The van der Waals surface area contributed by atoms with Gasteiger partial charge in [0.25, 0.3) is 11.6 Å². The SMILES string of the molecule is O=C(COc1ccc([N+](=O)[O-])cc1)N(Cc1ccccc1F)[C@H]1CCS(=O)(=O)C1. The lowest BCUT2D eigenvalue weighted by Crippen LogP contribution is -2.43. The maximum Gasteiger partial charge on any atom is 0.269 e. The Labute approximate surface area is 167 Å². The number of non-ortho nitro benzene ring substituents is 1. The second-order valence-corrected chi connectivity index (χ2v) is 8.94. The fourth-order valence-corrected chi connectivity index (χ4v) is 4.88. The zero-order chi connectivity index (χ0) is 21.0. The Morgan fingerprint density at radius 1 is 1.21 bits per heavy atom. The highest BCUT2D eigenvalue weighted by molar-refractivity contribution is 7.91. The van der Waals surface area contributed by atoms with Crippen LogP contribution in [-0.2, 0) is 21.2 Å². The largest absolute Gasteiger partial charge is 0.484 e. The second kappa shape index (κ2) is 8.56. The van der Waals surface area contributed by atoms with Gasteiger partial charge in [0, 0.05) is 30.3 Å². The Morgan fingerprint density at radius 2 is 1.90 bits per heavy atom. The monoisotopic (exact) mass is 422 g/mol. The summed E-state index contributed by atoms with van der Waals surface area (Å²) in [5, 5.41) is 10.7. The minimum atomic E-state index is -3.25. The van der Waals surface area contributed by atoms with Crippen LogP contribution in [0, 0.1) is 15.9 Å². The topological polar surface area (TPSA) is 107 Å². The van der Waals surface area contributed by atoms with Gasteiger partial charge in [0.1, 0.15) is 11.6 Å². The number of amides is 1. The summed E-state index contributed by atoms with van der Waals surface area (Å²) in [6.45, 7) is -0.474. The predicted molar refractivity (Wildman–Crippen MR) is 103 cm³/mol. The van der Waals surface area contributed by atoms with Crippen molar-refractivity contribution in [3.05, 3.63) is 70.0 Å². The Bertz CT molecular complexity index is 1010. The molecule has 0 aliphatic carbocycles. The standard InChI is InChI=1S/C19H19FN2O6S/c20-18-4-2-1-3-14(18)11-21(16-9-10-29(26,27)13-16)19(23)12-28-17-7-5-15(6-8-17)22(24)25/h1-8,16H,9-13H2/t16-/m0/s1. The van der Waals surface area contributed by atoms with Crippen LogP contribution < -0.4 is 4.74 Å². The van der Waals surface area contributed by atoms with Crippen LogP contribution in [0.1, 0.15) is 12.0 Å². The first-order chi connectivity index (χ1) is 13.7. The number of nitrogens with zero attached hydrogens (tertiary/aromatic N) is 2. The summed E-state index contributed by atoms with van der Waals surface area (Å²) in [6, 6.07) is 10.7. The van der Waals surface area contributed by atoms with Gasteiger partial charge in [-0.05, 0) is 24.6 Å². The first kappa shape index (κ1) is 20.7. The molecule has 1 aliphatic heterocycles. The Balaban J connectivity index is 1.73. The maximum atomic E-state index is 14.1. The summed E-state index contributed by atoms with van der Waals surface area (Å²) in [7, 11) is -3.25. The third kappa shape index (κ3) is 5.29. The van der Waals surface area contributed by atoms with E-state index in [1.807, 2.05) is 0 Å². The molecule has 154 valence electrons. The lowest BCUT2D eigenvalue weighted by Gasteiger charge is -2.28. The molecule has 8 nitrogen and oxygen atoms in total. The van der Waals surface area contributed by atoms with Gasteiger partial charge in [0.15, 0.2) is 16.4 Å². The van der Waals surface area contributed by atoms with Gasteiger partial charge in [-0.25, -0.2) is 12.8 Å². The molecule has 1 saturated heterocycles. The summed E-state index contributed by atoms with van der Waals surface area (Å²) in [4.78, 5) is 24.3. The van der Waals surface area contributed by atoms with Crippen molar-refractivity contribution in [2.45, 2.75) is 19.0 Å². The lowest BCUT2D eigenvalue weighted by molar-refractivity contribution is -0.384. The highest BCUT2D eigenvalue weighted by Gasteiger charge is 2.35. The second-order valence-electron chi connectivity index (χ2n) is 6.71. The van der Waals surface area contributed by atoms with Gasteiger partial charge in [-0.15, -0.1) is 0 Å². The molecular formula is C19H19FN2O6S. The van der Waals surface area contributed by atoms with Crippen LogP contribution >= 0.6 is 0 Å². The number of hydrogen-bond acceptors (Lipinski definition) is 6. The van der Waals surface area contributed by atoms with Gasteiger partial charge < -0.3 is 9.64 Å². The number of benzene rings is 2. The van der Waals surface area contributed by atoms with Crippen molar-refractivity contribution in [3.63, 3.8) is 0 Å². The first-order valence-electron chi connectivity index (χ1n) is 8.86. The maximum absolute atomic E-state index is 14.1.